The van der Waals surface area contributed by atoms with E-state index in [1.165, 1.54) is 35.0 Å². The van der Waals surface area contributed by atoms with Gasteiger partial charge >= 0.3 is 6.18 Å². The van der Waals surface area contributed by atoms with E-state index in [-0.39, 0.29) is 34.7 Å². The molecule has 11 heteroatoms. The van der Waals surface area contributed by atoms with Crippen LogP contribution in [0.25, 0.3) is 10.9 Å². The molecule has 2 aromatic carbocycles. The minimum absolute atomic E-state index is 0.0444. The number of halogens is 3. The highest BCUT2D eigenvalue weighted by Crippen LogP contribution is 2.41. The molecule has 0 radical (unpaired) electrons. The summed E-state index contributed by atoms with van der Waals surface area (Å²) in [7, 11) is 3.08. The fourth-order valence-corrected chi connectivity index (χ4v) is 5.61. The van der Waals surface area contributed by atoms with Crippen molar-refractivity contribution in [2.24, 2.45) is 5.92 Å². The molecule has 1 aliphatic heterocycles. The number of pyridine rings is 1. The molecule has 0 saturated carbocycles. The van der Waals surface area contributed by atoms with Crippen molar-refractivity contribution >= 4 is 28.4 Å². The lowest BCUT2D eigenvalue weighted by molar-refractivity contribution is -0.136. The number of alkyl halides is 3. The van der Waals surface area contributed by atoms with Crippen molar-refractivity contribution in [3.05, 3.63) is 71.4 Å². The van der Waals surface area contributed by atoms with Crippen LogP contribution in [0.1, 0.15) is 55.1 Å². The molecule has 42 heavy (non-hydrogen) atoms. The zero-order valence-corrected chi connectivity index (χ0v) is 24.1. The number of anilines is 1. The average Bonchev–Trinajstić information content (AvgIpc) is 3.21. The Kier molecular flexibility index (Phi) is 8.62. The number of fused-ring (bicyclic) bond motifs is 2. The van der Waals surface area contributed by atoms with E-state index in [4.69, 9.17) is 0 Å². The van der Waals surface area contributed by atoms with Crippen LogP contribution in [0.4, 0.5) is 18.9 Å². The van der Waals surface area contributed by atoms with E-state index in [9.17, 15) is 33.1 Å². The molecule has 3 aromatic rings. The third kappa shape index (κ3) is 5.82. The Hall–Kier alpha value is -4.01. The molecule has 0 aliphatic carbocycles. The molecule has 1 aliphatic rings. The lowest BCUT2D eigenvalue weighted by Gasteiger charge is -2.40. The minimum atomic E-state index is -4.60. The summed E-state index contributed by atoms with van der Waals surface area (Å²) in [5.74, 6) is -0.734. The van der Waals surface area contributed by atoms with E-state index < -0.39 is 41.4 Å². The van der Waals surface area contributed by atoms with Crippen molar-refractivity contribution in [2.45, 2.75) is 63.5 Å². The van der Waals surface area contributed by atoms with Gasteiger partial charge in [0.1, 0.15) is 12.3 Å². The number of nitrogens with one attached hydrogen (secondary N) is 1. The molecular weight excluding hydrogens is 547 g/mol. The number of carbonyl (C=O) groups is 2. The number of hydrogen-bond donors (Lipinski definition) is 2. The number of aliphatic hydroxyl groups excluding tert-OH is 1. The number of benzene rings is 2. The normalized spacial score (nSPS) is 18.9. The summed E-state index contributed by atoms with van der Waals surface area (Å²) in [4.78, 5) is 33.3. The Morgan fingerprint density at radius 3 is 2.50 bits per heavy atom. The van der Waals surface area contributed by atoms with Gasteiger partial charge in [0.15, 0.2) is 0 Å². The van der Waals surface area contributed by atoms with Crippen molar-refractivity contribution < 1.29 is 27.9 Å². The molecule has 0 bridgehead atoms. The van der Waals surface area contributed by atoms with Crippen LogP contribution in [0.15, 0.2) is 54.7 Å². The second-order valence-corrected chi connectivity index (χ2v) is 11.5. The van der Waals surface area contributed by atoms with Crippen LogP contribution in [0, 0.1) is 17.2 Å². The lowest BCUT2D eigenvalue weighted by Crippen LogP contribution is -2.55. The summed E-state index contributed by atoms with van der Waals surface area (Å²) in [6, 6.07) is 12.8. The molecule has 1 aromatic heterocycles. The summed E-state index contributed by atoms with van der Waals surface area (Å²) < 4.78 is 40.3. The molecule has 0 fully saturated rings. The largest absolute Gasteiger partial charge is 0.418 e. The molecule has 2 amide bonds. The SMILES string of the molecule is CC(C)C[C@@H](C(O)N(C)[C@H](C#N)C[C@@]1(C)C(=O)Nc2ccccc21)N(C)C(=O)c1cnc2c(C(F)(F)F)cccc2c1. The number of para-hydroxylation sites is 2. The van der Waals surface area contributed by atoms with Crippen molar-refractivity contribution in [3.63, 3.8) is 0 Å². The number of aliphatic hydroxyl groups is 1. The smallest absolute Gasteiger partial charge is 0.376 e. The summed E-state index contributed by atoms with van der Waals surface area (Å²) in [6.07, 6.45) is -4.32. The Morgan fingerprint density at radius 1 is 1.17 bits per heavy atom. The highest BCUT2D eigenvalue weighted by atomic mass is 19.4. The summed E-state index contributed by atoms with van der Waals surface area (Å²) in [6.45, 7) is 5.62. The number of aromatic nitrogens is 1. The van der Waals surface area contributed by atoms with E-state index in [0.717, 1.165) is 17.8 Å². The number of likely N-dealkylation sites (N-methyl/N-ethyl adjacent to an activating group) is 2. The van der Waals surface area contributed by atoms with Gasteiger partial charge in [-0.1, -0.05) is 44.2 Å². The van der Waals surface area contributed by atoms with Crippen molar-refractivity contribution in [1.29, 1.82) is 5.26 Å². The molecule has 4 rings (SSSR count). The molecule has 0 spiro atoms. The van der Waals surface area contributed by atoms with E-state index >= 15 is 0 Å². The first-order chi connectivity index (χ1) is 19.7. The van der Waals surface area contributed by atoms with Crippen LogP contribution < -0.4 is 5.32 Å². The van der Waals surface area contributed by atoms with Crippen LogP contribution in [0.2, 0.25) is 0 Å². The van der Waals surface area contributed by atoms with Crippen LogP contribution in [0.5, 0.6) is 0 Å². The van der Waals surface area contributed by atoms with Gasteiger partial charge < -0.3 is 15.3 Å². The molecule has 222 valence electrons. The fourth-order valence-electron chi connectivity index (χ4n) is 5.61. The second kappa shape index (κ2) is 11.7. The second-order valence-electron chi connectivity index (χ2n) is 11.5. The molecule has 8 nitrogen and oxygen atoms in total. The molecule has 1 unspecified atom stereocenters. The van der Waals surface area contributed by atoms with E-state index in [2.05, 4.69) is 16.4 Å². The highest BCUT2D eigenvalue weighted by molar-refractivity contribution is 6.06. The lowest BCUT2D eigenvalue weighted by atomic mass is 9.78. The third-order valence-electron chi connectivity index (χ3n) is 8.07. The van der Waals surface area contributed by atoms with Crippen molar-refractivity contribution in [1.82, 2.24) is 14.8 Å². The van der Waals surface area contributed by atoms with Gasteiger partial charge in [-0.2, -0.15) is 18.4 Å². The zero-order valence-electron chi connectivity index (χ0n) is 24.1. The maximum Gasteiger partial charge on any atom is 0.418 e. The topological polar surface area (TPSA) is 110 Å². The number of carbonyl (C=O) groups excluding carboxylic acids is 2. The zero-order chi connectivity index (χ0) is 31.0. The van der Waals surface area contributed by atoms with E-state index in [1.807, 2.05) is 32.0 Å². The first kappa shape index (κ1) is 30.9. The van der Waals surface area contributed by atoms with E-state index in [0.29, 0.717) is 12.1 Å². The maximum absolute atomic E-state index is 13.6. The Bertz CT molecular complexity index is 1540. The Morgan fingerprint density at radius 2 is 1.86 bits per heavy atom. The number of nitrogens with zero attached hydrogens (tertiary/aromatic N) is 4. The first-order valence-corrected chi connectivity index (χ1v) is 13.6. The van der Waals surface area contributed by atoms with Gasteiger partial charge in [0.25, 0.3) is 5.91 Å². The Balaban J connectivity index is 1.60. The molecule has 2 N–H and O–H groups in total. The van der Waals surface area contributed by atoms with Crippen LogP contribution >= 0.6 is 0 Å². The summed E-state index contributed by atoms with van der Waals surface area (Å²) in [5.41, 5.74) is -0.647. The number of rotatable bonds is 9. The molecule has 0 saturated heterocycles. The predicted octanol–water partition coefficient (Wildman–Crippen LogP) is 5.18. The summed E-state index contributed by atoms with van der Waals surface area (Å²) >= 11 is 0. The minimum Gasteiger partial charge on any atom is -0.376 e. The van der Waals surface area contributed by atoms with Gasteiger partial charge in [-0.15, -0.1) is 0 Å². The van der Waals surface area contributed by atoms with Gasteiger partial charge in [0.05, 0.1) is 34.2 Å². The average molecular weight is 582 g/mol. The Labute approximate surface area is 242 Å². The van der Waals surface area contributed by atoms with Gasteiger partial charge in [0, 0.05) is 24.3 Å². The monoisotopic (exact) mass is 581 g/mol. The van der Waals surface area contributed by atoms with Crippen LogP contribution in [-0.2, 0) is 16.4 Å². The number of nitriles is 1. The standard InChI is InChI=1S/C31H34F3N5O3/c1-18(2)13-25(39(5)27(40)20-14-19-9-8-11-23(31(32,33)34)26(19)36-17-20)28(41)38(4)21(16-35)15-30(3)22-10-6-7-12-24(22)37-29(30)42/h6-12,14,17-18,21,25,28,41H,13,15H2,1-5H3,(H,37,42)/t21-,25-,28?,30+/m0/s1. The quantitative estimate of drug-likeness (QED) is 0.337. The maximum atomic E-state index is 13.6. The molecular formula is C31H34F3N5O3. The first-order valence-electron chi connectivity index (χ1n) is 13.6. The highest BCUT2D eigenvalue weighted by Gasteiger charge is 2.46. The van der Waals surface area contributed by atoms with Crippen LogP contribution in [-0.4, -0.2) is 64.1 Å². The van der Waals surface area contributed by atoms with Crippen molar-refractivity contribution in [2.75, 3.05) is 19.4 Å². The van der Waals surface area contributed by atoms with Gasteiger partial charge in [-0.05, 0) is 56.5 Å². The van der Waals surface area contributed by atoms with Crippen LogP contribution in [0.3, 0.4) is 0 Å². The number of hydrogen-bond acceptors (Lipinski definition) is 6. The number of amides is 2. The predicted molar refractivity (Wildman–Crippen MR) is 152 cm³/mol. The van der Waals surface area contributed by atoms with E-state index in [1.54, 1.807) is 20.0 Å². The molecule has 2 heterocycles. The van der Waals surface area contributed by atoms with Gasteiger partial charge in [-0.3, -0.25) is 19.5 Å². The van der Waals surface area contributed by atoms with Gasteiger partial charge in [0.2, 0.25) is 5.91 Å². The molecule has 4 atom stereocenters. The van der Waals surface area contributed by atoms with Crippen molar-refractivity contribution in [3.8, 4) is 6.07 Å². The third-order valence-corrected chi connectivity index (χ3v) is 8.07. The fraction of sp³-hybridized carbons (Fsp3) is 0.419. The summed E-state index contributed by atoms with van der Waals surface area (Å²) in [5, 5.41) is 24.7. The van der Waals surface area contributed by atoms with Gasteiger partial charge in [-0.25, -0.2) is 0 Å².